The fourth-order valence-electron chi connectivity index (χ4n) is 3.67. The van der Waals surface area contributed by atoms with E-state index >= 15 is 0 Å². The van der Waals surface area contributed by atoms with Gasteiger partial charge in [0.05, 0.1) is 11.8 Å². The lowest BCUT2D eigenvalue weighted by Gasteiger charge is -2.26. The van der Waals surface area contributed by atoms with Gasteiger partial charge in [0, 0.05) is 31.6 Å². The van der Waals surface area contributed by atoms with Crippen LogP contribution >= 0.6 is 11.3 Å². The van der Waals surface area contributed by atoms with Gasteiger partial charge in [-0.05, 0) is 30.0 Å². The average Bonchev–Trinajstić information content (AvgIpc) is 3.20. The summed E-state index contributed by atoms with van der Waals surface area (Å²) in [6.07, 6.45) is 2.49. The maximum absolute atomic E-state index is 12.7. The van der Waals surface area contributed by atoms with Crippen molar-refractivity contribution in [3.63, 3.8) is 0 Å². The van der Waals surface area contributed by atoms with Crippen LogP contribution < -0.4 is 5.32 Å². The minimum absolute atomic E-state index is 0.228. The second-order valence-electron chi connectivity index (χ2n) is 7.02. The van der Waals surface area contributed by atoms with E-state index in [0.717, 1.165) is 42.1 Å². The van der Waals surface area contributed by atoms with E-state index in [-0.39, 0.29) is 5.91 Å². The predicted octanol–water partition coefficient (Wildman–Crippen LogP) is 3.47. The number of carbonyl (C=O) groups is 1. The van der Waals surface area contributed by atoms with Gasteiger partial charge in [0.15, 0.2) is 0 Å². The molecule has 0 unspecified atom stereocenters. The molecule has 0 saturated heterocycles. The SMILES string of the molecule is Cc1cnn(C)c1C(=O)Nc1sc2c(c1C#N)CCN(Cc1ccccc1)C2. The van der Waals surface area contributed by atoms with Crippen LogP contribution in [0.2, 0.25) is 0 Å². The fourth-order valence-corrected chi connectivity index (χ4v) is 4.91. The van der Waals surface area contributed by atoms with E-state index in [9.17, 15) is 10.1 Å². The summed E-state index contributed by atoms with van der Waals surface area (Å²) < 4.78 is 1.56. The zero-order chi connectivity index (χ0) is 19.7. The molecule has 0 atom stereocenters. The van der Waals surface area contributed by atoms with E-state index in [2.05, 4.69) is 45.7 Å². The van der Waals surface area contributed by atoms with Gasteiger partial charge in [-0.25, -0.2) is 0 Å². The van der Waals surface area contributed by atoms with Crippen LogP contribution in [0, 0.1) is 18.3 Å². The number of nitrogens with one attached hydrogen (secondary N) is 1. The number of aromatic nitrogens is 2. The van der Waals surface area contributed by atoms with Crippen LogP contribution in [0.25, 0.3) is 0 Å². The Morgan fingerprint density at radius 2 is 2.14 bits per heavy atom. The summed E-state index contributed by atoms with van der Waals surface area (Å²) in [7, 11) is 1.74. The molecular weight excluding hydrogens is 370 g/mol. The summed E-state index contributed by atoms with van der Waals surface area (Å²) in [5.41, 5.74) is 4.29. The summed E-state index contributed by atoms with van der Waals surface area (Å²) in [5, 5.41) is 17.4. The molecule has 0 radical (unpaired) electrons. The third kappa shape index (κ3) is 3.44. The third-order valence-electron chi connectivity index (χ3n) is 5.06. The summed E-state index contributed by atoms with van der Waals surface area (Å²) in [6, 6.07) is 12.7. The van der Waals surface area contributed by atoms with Gasteiger partial charge >= 0.3 is 0 Å². The number of fused-ring (bicyclic) bond motifs is 1. The van der Waals surface area contributed by atoms with Crippen molar-refractivity contribution in [1.82, 2.24) is 14.7 Å². The molecule has 2 aromatic heterocycles. The summed E-state index contributed by atoms with van der Waals surface area (Å²) in [5.74, 6) is -0.228. The lowest BCUT2D eigenvalue weighted by atomic mass is 10.0. The van der Waals surface area contributed by atoms with E-state index in [1.54, 1.807) is 17.9 Å². The van der Waals surface area contributed by atoms with Crippen molar-refractivity contribution in [2.45, 2.75) is 26.4 Å². The Bertz CT molecular complexity index is 1040. The molecule has 3 heterocycles. The van der Waals surface area contributed by atoms with Crippen molar-refractivity contribution in [1.29, 1.82) is 5.26 Å². The Morgan fingerprint density at radius 1 is 1.36 bits per heavy atom. The van der Waals surface area contributed by atoms with E-state index in [0.29, 0.717) is 16.3 Å². The molecule has 1 aliphatic heterocycles. The zero-order valence-corrected chi connectivity index (χ0v) is 16.7. The van der Waals surface area contributed by atoms with E-state index < -0.39 is 0 Å². The summed E-state index contributed by atoms with van der Waals surface area (Å²) in [6.45, 7) is 4.44. The van der Waals surface area contributed by atoms with Crippen LogP contribution in [0.4, 0.5) is 5.00 Å². The molecule has 3 aromatic rings. The molecule has 1 aliphatic rings. The molecule has 4 rings (SSSR count). The number of rotatable bonds is 4. The number of amides is 1. The lowest BCUT2D eigenvalue weighted by Crippen LogP contribution is -2.29. The van der Waals surface area contributed by atoms with Gasteiger partial charge in [-0.15, -0.1) is 11.3 Å². The Balaban J connectivity index is 1.55. The van der Waals surface area contributed by atoms with E-state index in [1.165, 1.54) is 16.9 Å². The Hall–Kier alpha value is -2.95. The van der Waals surface area contributed by atoms with Crippen LogP contribution in [0.5, 0.6) is 0 Å². The highest BCUT2D eigenvalue weighted by atomic mass is 32.1. The van der Waals surface area contributed by atoms with Crippen molar-refractivity contribution < 1.29 is 4.79 Å². The van der Waals surface area contributed by atoms with Crippen molar-refractivity contribution in [2.24, 2.45) is 7.05 Å². The number of anilines is 1. The highest BCUT2D eigenvalue weighted by Crippen LogP contribution is 2.37. The first-order valence-corrected chi connectivity index (χ1v) is 9.99. The molecule has 0 fully saturated rings. The molecule has 7 heteroatoms. The molecule has 1 aromatic carbocycles. The van der Waals surface area contributed by atoms with Gasteiger partial charge < -0.3 is 5.32 Å². The smallest absolute Gasteiger partial charge is 0.274 e. The highest BCUT2D eigenvalue weighted by molar-refractivity contribution is 7.16. The number of benzene rings is 1. The van der Waals surface area contributed by atoms with Gasteiger partial charge in [-0.3, -0.25) is 14.4 Å². The summed E-state index contributed by atoms with van der Waals surface area (Å²) in [4.78, 5) is 16.3. The van der Waals surface area contributed by atoms with Gasteiger partial charge in [-0.2, -0.15) is 10.4 Å². The van der Waals surface area contributed by atoms with Crippen molar-refractivity contribution >= 4 is 22.2 Å². The van der Waals surface area contributed by atoms with Gasteiger partial charge in [0.2, 0.25) is 0 Å². The largest absolute Gasteiger partial charge is 0.311 e. The molecule has 28 heavy (non-hydrogen) atoms. The molecule has 1 amide bonds. The first-order valence-electron chi connectivity index (χ1n) is 9.17. The van der Waals surface area contributed by atoms with Crippen molar-refractivity contribution in [3.8, 4) is 6.07 Å². The molecule has 0 aliphatic carbocycles. The molecule has 6 nitrogen and oxygen atoms in total. The summed E-state index contributed by atoms with van der Waals surface area (Å²) >= 11 is 1.51. The number of nitriles is 1. The Morgan fingerprint density at radius 3 is 2.82 bits per heavy atom. The minimum Gasteiger partial charge on any atom is -0.311 e. The van der Waals surface area contributed by atoms with E-state index in [1.807, 2.05) is 13.0 Å². The Labute approximate surface area is 168 Å². The number of thiophene rings is 1. The monoisotopic (exact) mass is 391 g/mol. The van der Waals surface area contributed by atoms with Crippen LogP contribution in [-0.2, 0) is 26.6 Å². The van der Waals surface area contributed by atoms with Crippen LogP contribution in [-0.4, -0.2) is 27.1 Å². The van der Waals surface area contributed by atoms with Gasteiger partial charge in [0.25, 0.3) is 5.91 Å². The number of nitrogens with zero attached hydrogens (tertiary/aromatic N) is 4. The second-order valence-corrected chi connectivity index (χ2v) is 8.13. The van der Waals surface area contributed by atoms with E-state index in [4.69, 9.17) is 0 Å². The quantitative estimate of drug-likeness (QED) is 0.739. The second kappa shape index (κ2) is 7.58. The maximum Gasteiger partial charge on any atom is 0.274 e. The third-order valence-corrected chi connectivity index (χ3v) is 6.19. The molecule has 1 N–H and O–H groups in total. The van der Waals surface area contributed by atoms with Gasteiger partial charge in [0.1, 0.15) is 16.8 Å². The highest BCUT2D eigenvalue weighted by Gasteiger charge is 2.26. The number of hydrogen-bond donors (Lipinski definition) is 1. The first-order chi connectivity index (χ1) is 13.6. The van der Waals surface area contributed by atoms with Gasteiger partial charge in [-0.1, -0.05) is 30.3 Å². The molecule has 0 bridgehead atoms. The maximum atomic E-state index is 12.7. The van der Waals surface area contributed by atoms with Crippen LogP contribution in [0.15, 0.2) is 36.5 Å². The normalized spacial score (nSPS) is 13.8. The van der Waals surface area contributed by atoms with Crippen molar-refractivity contribution in [2.75, 3.05) is 11.9 Å². The minimum atomic E-state index is -0.228. The lowest BCUT2D eigenvalue weighted by molar-refractivity contribution is 0.101. The fraction of sp³-hybridized carbons (Fsp3) is 0.286. The topological polar surface area (TPSA) is 74.0 Å². The molecule has 0 spiro atoms. The molecule has 142 valence electrons. The zero-order valence-electron chi connectivity index (χ0n) is 15.9. The molecular formula is C21H21N5OS. The van der Waals surface area contributed by atoms with Crippen LogP contribution in [0.1, 0.15) is 37.6 Å². The number of hydrogen-bond acceptors (Lipinski definition) is 5. The van der Waals surface area contributed by atoms with Crippen LogP contribution in [0.3, 0.4) is 0 Å². The Kier molecular flexibility index (Phi) is 4.99. The number of aryl methyl sites for hydroxylation is 2. The average molecular weight is 392 g/mol. The predicted molar refractivity (Wildman–Crippen MR) is 109 cm³/mol. The van der Waals surface area contributed by atoms with Crippen molar-refractivity contribution in [3.05, 3.63) is 69.4 Å². The molecule has 0 saturated carbocycles. The standard InChI is InChI=1S/C21H21N5OS/c1-14-11-23-25(2)19(14)20(27)24-21-17(10-22)16-8-9-26(13-18(16)28-21)12-15-6-4-3-5-7-15/h3-7,11H,8-9,12-13H2,1-2H3,(H,24,27). The first kappa shape index (κ1) is 18.4. The number of carbonyl (C=O) groups excluding carboxylic acids is 1.